The van der Waals surface area contributed by atoms with Crippen molar-refractivity contribution in [3.05, 3.63) is 0 Å². The van der Waals surface area contributed by atoms with Crippen molar-refractivity contribution in [2.45, 2.75) is 6.42 Å². The van der Waals surface area contributed by atoms with Crippen molar-refractivity contribution in [3.8, 4) is 0 Å². The van der Waals surface area contributed by atoms with Crippen molar-refractivity contribution < 1.29 is 29.3 Å². The van der Waals surface area contributed by atoms with Crippen LogP contribution in [0.15, 0.2) is 0 Å². The van der Waals surface area contributed by atoms with Gasteiger partial charge in [0, 0.05) is 0 Å². The first-order valence-electron chi connectivity index (χ1n) is 4.02. The lowest BCUT2D eigenvalue weighted by atomic mass is 9.64. The number of hydrogen-bond acceptors (Lipinski definition) is 4. The normalized spacial score (nSPS) is 30.2. The zero-order valence-corrected chi connectivity index (χ0v) is 7.47. The monoisotopic (exact) mass is 202 g/mol. The first-order chi connectivity index (χ1) is 6.49. The van der Waals surface area contributed by atoms with E-state index in [4.69, 9.17) is 10.2 Å². The van der Waals surface area contributed by atoms with E-state index >= 15 is 0 Å². The molecule has 0 heterocycles. The minimum Gasteiger partial charge on any atom is -0.481 e. The number of carboxylic acids is 2. The Morgan fingerprint density at radius 2 is 1.57 bits per heavy atom. The second-order valence-corrected chi connectivity index (χ2v) is 3.17. The summed E-state index contributed by atoms with van der Waals surface area (Å²) in [5.41, 5.74) is 0. The van der Waals surface area contributed by atoms with Gasteiger partial charge >= 0.3 is 17.9 Å². The number of carboxylic acid groups (broad SMARTS) is 2. The molecule has 2 N–H and O–H groups in total. The van der Waals surface area contributed by atoms with Gasteiger partial charge in [-0.05, 0) is 6.42 Å². The molecule has 1 aliphatic carbocycles. The third-order valence-electron chi connectivity index (χ3n) is 2.48. The highest BCUT2D eigenvalue weighted by Gasteiger charge is 2.53. The Morgan fingerprint density at radius 1 is 1.14 bits per heavy atom. The second-order valence-electron chi connectivity index (χ2n) is 3.17. The van der Waals surface area contributed by atoms with Crippen LogP contribution < -0.4 is 0 Å². The van der Waals surface area contributed by atoms with Crippen LogP contribution in [-0.2, 0) is 19.1 Å². The molecule has 6 heteroatoms. The van der Waals surface area contributed by atoms with Gasteiger partial charge in [0.2, 0.25) is 0 Å². The van der Waals surface area contributed by atoms with E-state index in [0.29, 0.717) is 0 Å². The summed E-state index contributed by atoms with van der Waals surface area (Å²) in [6.45, 7) is 0. The van der Waals surface area contributed by atoms with Crippen molar-refractivity contribution in [3.63, 3.8) is 0 Å². The molecule has 2 atom stereocenters. The molecule has 1 aliphatic rings. The minimum atomic E-state index is -1.15. The Labute approximate surface area is 79.5 Å². The van der Waals surface area contributed by atoms with Crippen LogP contribution in [0, 0.1) is 17.8 Å². The van der Waals surface area contributed by atoms with Crippen LogP contribution >= 0.6 is 0 Å². The molecule has 0 aromatic carbocycles. The summed E-state index contributed by atoms with van der Waals surface area (Å²) >= 11 is 0. The van der Waals surface area contributed by atoms with E-state index in [1.807, 2.05) is 0 Å². The van der Waals surface area contributed by atoms with E-state index in [1.54, 1.807) is 0 Å². The molecular weight excluding hydrogens is 192 g/mol. The van der Waals surface area contributed by atoms with Gasteiger partial charge in [0.25, 0.3) is 0 Å². The number of methoxy groups -OCH3 is 1. The van der Waals surface area contributed by atoms with Crippen LogP contribution in [0.2, 0.25) is 0 Å². The fourth-order valence-corrected chi connectivity index (χ4v) is 1.62. The van der Waals surface area contributed by atoms with Gasteiger partial charge in [0.1, 0.15) is 0 Å². The SMILES string of the molecule is COC(=O)C1C(C(=O)O)CC1C(=O)O. The highest BCUT2D eigenvalue weighted by atomic mass is 16.5. The third kappa shape index (κ3) is 1.55. The Balaban J connectivity index is 2.76. The average molecular weight is 202 g/mol. The van der Waals surface area contributed by atoms with Gasteiger partial charge in [-0.3, -0.25) is 14.4 Å². The van der Waals surface area contributed by atoms with E-state index in [-0.39, 0.29) is 6.42 Å². The van der Waals surface area contributed by atoms with Gasteiger partial charge in [0.05, 0.1) is 24.9 Å². The Bertz CT molecular complexity index is 264. The number of esters is 1. The smallest absolute Gasteiger partial charge is 0.310 e. The molecule has 1 saturated carbocycles. The molecule has 14 heavy (non-hydrogen) atoms. The van der Waals surface area contributed by atoms with Crippen LogP contribution in [0.5, 0.6) is 0 Å². The summed E-state index contributed by atoms with van der Waals surface area (Å²) in [5.74, 6) is -5.98. The van der Waals surface area contributed by atoms with Crippen LogP contribution in [0.1, 0.15) is 6.42 Å². The highest BCUT2D eigenvalue weighted by molar-refractivity contribution is 5.89. The summed E-state index contributed by atoms with van der Waals surface area (Å²) in [6.07, 6.45) is -0.00949. The lowest BCUT2D eigenvalue weighted by Gasteiger charge is -2.37. The molecule has 0 aromatic rings. The maximum atomic E-state index is 11.1. The summed E-state index contributed by atoms with van der Waals surface area (Å²) in [5, 5.41) is 17.3. The third-order valence-corrected chi connectivity index (χ3v) is 2.48. The summed E-state index contributed by atoms with van der Waals surface area (Å²) in [7, 11) is 1.11. The van der Waals surface area contributed by atoms with Crippen LogP contribution in [0.25, 0.3) is 0 Å². The van der Waals surface area contributed by atoms with Crippen LogP contribution in [0.4, 0.5) is 0 Å². The lowest BCUT2D eigenvalue weighted by Crippen LogP contribution is -2.49. The van der Waals surface area contributed by atoms with E-state index in [9.17, 15) is 14.4 Å². The number of carbonyl (C=O) groups is 3. The first-order valence-corrected chi connectivity index (χ1v) is 4.02. The molecular formula is C8H10O6. The fraction of sp³-hybridized carbons (Fsp3) is 0.625. The summed E-state index contributed by atoms with van der Waals surface area (Å²) < 4.78 is 4.35. The second kappa shape index (κ2) is 3.65. The van der Waals surface area contributed by atoms with E-state index in [1.165, 1.54) is 0 Å². The number of hydrogen-bond donors (Lipinski definition) is 2. The number of aliphatic carboxylic acids is 2. The molecule has 78 valence electrons. The highest BCUT2D eigenvalue weighted by Crippen LogP contribution is 2.41. The van der Waals surface area contributed by atoms with Crippen molar-refractivity contribution in [2.75, 3.05) is 7.11 Å². The molecule has 0 aromatic heterocycles. The van der Waals surface area contributed by atoms with Gasteiger partial charge in [-0.25, -0.2) is 0 Å². The quantitative estimate of drug-likeness (QED) is 0.603. The fourth-order valence-electron chi connectivity index (χ4n) is 1.62. The lowest BCUT2D eigenvalue weighted by molar-refractivity contribution is -0.175. The van der Waals surface area contributed by atoms with Gasteiger partial charge in [-0.2, -0.15) is 0 Å². The molecule has 2 unspecified atom stereocenters. The van der Waals surface area contributed by atoms with Crippen LogP contribution in [-0.4, -0.2) is 35.2 Å². The van der Waals surface area contributed by atoms with Crippen LogP contribution in [0.3, 0.4) is 0 Å². The van der Waals surface area contributed by atoms with Gasteiger partial charge < -0.3 is 14.9 Å². The van der Waals surface area contributed by atoms with Gasteiger partial charge in [-0.15, -0.1) is 0 Å². The molecule has 0 saturated heterocycles. The Morgan fingerprint density at radius 3 is 1.86 bits per heavy atom. The molecule has 1 fully saturated rings. The van der Waals surface area contributed by atoms with Gasteiger partial charge in [0.15, 0.2) is 0 Å². The van der Waals surface area contributed by atoms with Gasteiger partial charge in [-0.1, -0.05) is 0 Å². The topological polar surface area (TPSA) is 101 Å². The Hall–Kier alpha value is -1.59. The minimum absolute atomic E-state index is 0.00949. The summed E-state index contributed by atoms with van der Waals surface area (Å²) in [4.78, 5) is 32.2. The molecule has 0 spiro atoms. The van der Waals surface area contributed by atoms with Crippen molar-refractivity contribution >= 4 is 17.9 Å². The largest absolute Gasteiger partial charge is 0.481 e. The molecule has 0 bridgehead atoms. The zero-order valence-electron chi connectivity index (χ0n) is 7.47. The van der Waals surface area contributed by atoms with Crippen molar-refractivity contribution in [1.82, 2.24) is 0 Å². The van der Waals surface area contributed by atoms with E-state index in [2.05, 4.69) is 4.74 Å². The molecule has 1 rings (SSSR count). The number of rotatable bonds is 3. The predicted octanol–water partition coefficient (Wildman–Crippen LogP) is -0.419. The standard InChI is InChI=1S/C8H10O6/c1-14-8(13)5-3(6(9)10)2-4(5)7(11)12/h3-5H,2H2,1H3,(H,9,10)(H,11,12). The Kier molecular flexibility index (Phi) is 2.73. The van der Waals surface area contributed by atoms with Crippen molar-refractivity contribution in [2.24, 2.45) is 17.8 Å². The zero-order chi connectivity index (χ0) is 10.9. The number of carbonyl (C=O) groups excluding carboxylic acids is 1. The first kappa shape index (κ1) is 10.5. The maximum Gasteiger partial charge on any atom is 0.310 e. The maximum absolute atomic E-state index is 11.1. The van der Waals surface area contributed by atoms with Crippen molar-refractivity contribution in [1.29, 1.82) is 0 Å². The summed E-state index contributed by atoms with van der Waals surface area (Å²) in [6, 6.07) is 0. The van der Waals surface area contributed by atoms with E-state index < -0.39 is 35.7 Å². The van der Waals surface area contributed by atoms with E-state index in [0.717, 1.165) is 7.11 Å². The molecule has 0 amide bonds. The molecule has 0 radical (unpaired) electrons. The molecule has 0 aliphatic heterocycles. The molecule has 6 nitrogen and oxygen atoms in total. The number of ether oxygens (including phenoxy) is 1. The average Bonchev–Trinajstić information content (AvgIpc) is 2.00. The predicted molar refractivity (Wildman–Crippen MR) is 42.4 cm³/mol.